The predicted molar refractivity (Wildman–Crippen MR) is 146 cm³/mol. The van der Waals surface area contributed by atoms with Crippen LogP contribution in [0.4, 0.5) is 17.1 Å². The minimum atomic E-state index is -3.69. The Balaban J connectivity index is 1.34. The first-order valence-corrected chi connectivity index (χ1v) is 14.2. The van der Waals surface area contributed by atoms with Gasteiger partial charge in [-0.05, 0) is 61.4 Å². The molecule has 0 unspecified atom stereocenters. The number of anilines is 3. The molecular weight excluding hydrogens is 490 g/mol. The molecule has 0 bridgehead atoms. The Morgan fingerprint density at radius 3 is 2.49 bits per heavy atom. The molecule has 0 radical (unpaired) electrons. The molecule has 3 aromatic carbocycles. The van der Waals surface area contributed by atoms with Gasteiger partial charge in [-0.25, -0.2) is 8.42 Å². The Morgan fingerprint density at radius 2 is 1.73 bits per heavy atom. The highest BCUT2D eigenvalue weighted by molar-refractivity contribution is 7.92. The number of carbonyl (C=O) groups excluding carboxylic acids is 1. The van der Waals surface area contributed by atoms with E-state index in [0.29, 0.717) is 33.6 Å². The molecule has 2 heterocycles. The van der Waals surface area contributed by atoms with E-state index in [1.54, 1.807) is 18.2 Å². The molecule has 3 N–H and O–H groups in total. The van der Waals surface area contributed by atoms with E-state index in [1.807, 2.05) is 42.5 Å². The van der Waals surface area contributed by atoms with Gasteiger partial charge in [0.05, 0.1) is 35.0 Å². The Morgan fingerprint density at radius 1 is 0.973 bits per heavy atom. The van der Waals surface area contributed by atoms with E-state index < -0.39 is 22.4 Å². The Hall–Kier alpha value is -3.56. The average molecular weight is 520 g/mol. The molecule has 1 aliphatic heterocycles. The van der Waals surface area contributed by atoms with E-state index in [9.17, 15) is 13.2 Å². The van der Waals surface area contributed by atoms with Crippen molar-refractivity contribution in [1.29, 1.82) is 0 Å². The van der Waals surface area contributed by atoms with Gasteiger partial charge in [-0.3, -0.25) is 9.52 Å². The lowest BCUT2D eigenvalue weighted by molar-refractivity contribution is 0.102. The van der Waals surface area contributed by atoms with Crippen LogP contribution in [-0.4, -0.2) is 44.9 Å². The summed E-state index contributed by atoms with van der Waals surface area (Å²) in [5.74, 6) is -0.683. The van der Waals surface area contributed by atoms with Gasteiger partial charge in [0.25, 0.3) is 5.91 Å². The highest BCUT2D eigenvalue weighted by atomic mass is 32.2. The molecule has 1 spiro atoms. The summed E-state index contributed by atoms with van der Waals surface area (Å²) in [6, 6.07) is 18.4. The molecule has 37 heavy (non-hydrogen) atoms. The number of para-hydroxylation sites is 2. The summed E-state index contributed by atoms with van der Waals surface area (Å²) < 4.78 is 33.1. The number of amides is 1. The maximum absolute atomic E-state index is 13.6. The van der Waals surface area contributed by atoms with Crippen LogP contribution in [0, 0.1) is 5.41 Å². The van der Waals surface area contributed by atoms with E-state index in [0.717, 1.165) is 42.3 Å². The van der Waals surface area contributed by atoms with Crippen molar-refractivity contribution in [3.63, 3.8) is 0 Å². The third kappa shape index (κ3) is 4.65. The zero-order valence-electron chi connectivity index (χ0n) is 20.4. The van der Waals surface area contributed by atoms with Crippen LogP contribution in [0.3, 0.4) is 0 Å². The number of hydrogen-bond acceptors (Lipinski definition) is 6. The van der Waals surface area contributed by atoms with Gasteiger partial charge in [-0.1, -0.05) is 30.3 Å². The summed E-state index contributed by atoms with van der Waals surface area (Å²) in [6.45, 7) is 1.16. The fourth-order valence-corrected chi connectivity index (χ4v) is 6.16. The third-order valence-corrected chi connectivity index (χ3v) is 8.92. The van der Waals surface area contributed by atoms with E-state index >= 15 is 0 Å². The van der Waals surface area contributed by atoms with Gasteiger partial charge >= 0.3 is 0 Å². The van der Waals surface area contributed by atoms with Crippen LogP contribution in [0.25, 0.3) is 21.9 Å². The molecule has 1 saturated heterocycles. The summed E-state index contributed by atoms with van der Waals surface area (Å²) >= 11 is 0. The molecule has 192 valence electrons. The minimum absolute atomic E-state index is 0.292. The van der Waals surface area contributed by atoms with Gasteiger partial charge < -0.3 is 19.7 Å². The number of carbonyl (C=O) groups is 1. The van der Waals surface area contributed by atoms with Crippen LogP contribution >= 0.6 is 0 Å². The van der Waals surface area contributed by atoms with Crippen molar-refractivity contribution in [1.82, 2.24) is 0 Å². The molecule has 4 aromatic rings. The number of furan rings is 1. The van der Waals surface area contributed by atoms with Gasteiger partial charge in [-0.15, -0.1) is 0 Å². The first-order valence-electron chi connectivity index (χ1n) is 12.6. The van der Waals surface area contributed by atoms with Gasteiger partial charge in [0.2, 0.25) is 10.0 Å². The monoisotopic (exact) mass is 519 g/mol. The molecule has 2 aliphatic rings. The summed E-state index contributed by atoms with van der Waals surface area (Å²) in [7, 11) is -3.69. The summed E-state index contributed by atoms with van der Waals surface area (Å²) in [6.07, 6.45) is 4.65. The minimum Gasteiger partial charge on any atom is -0.454 e. The highest BCUT2D eigenvalue weighted by Crippen LogP contribution is 2.54. The number of fused-ring (bicyclic) bond motifs is 3. The SMILES string of the molecule is O=C(Nc1cccc2c1oc1ccccc12)c1ccc(NS(=O)(=O)CCO)cc1N1CCC2(CC1)CC2. The van der Waals surface area contributed by atoms with Crippen LogP contribution < -0.4 is 14.9 Å². The lowest BCUT2D eigenvalue weighted by Gasteiger charge is -2.35. The van der Waals surface area contributed by atoms with Gasteiger partial charge in [0.15, 0.2) is 5.58 Å². The molecule has 1 amide bonds. The van der Waals surface area contributed by atoms with Crippen molar-refractivity contribution in [2.24, 2.45) is 5.41 Å². The quantitative estimate of drug-likeness (QED) is 0.318. The summed E-state index contributed by atoms with van der Waals surface area (Å²) in [4.78, 5) is 15.8. The van der Waals surface area contributed by atoms with Crippen LogP contribution in [0.5, 0.6) is 0 Å². The number of sulfonamides is 1. The lowest BCUT2D eigenvalue weighted by atomic mass is 9.93. The number of aliphatic hydroxyl groups excluding tert-OH is 1. The van der Waals surface area contributed by atoms with E-state index in [-0.39, 0.29) is 5.91 Å². The van der Waals surface area contributed by atoms with Crippen molar-refractivity contribution in [2.75, 3.05) is 40.4 Å². The Kier molecular flexibility index (Phi) is 5.84. The number of piperidine rings is 1. The Labute approximate surface area is 215 Å². The van der Waals surface area contributed by atoms with E-state index in [2.05, 4.69) is 14.9 Å². The van der Waals surface area contributed by atoms with Crippen molar-refractivity contribution < 1.29 is 22.7 Å². The zero-order valence-corrected chi connectivity index (χ0v) is 21.2. The maximum Gasteiger partial charge on any atom is 0.257 e. The normalized spacial score (nSPS) is 16.8. The topological polar surface area (TPSA) is 112 Å². The highest BCUT2D eigenvalue weighted by Gasteiger charge is 2.44. The van der Waals surface area contributed by atoms with Gasteiger partial charge in [-0.2, -0.15) is 0 Å². The molecule has 9 heteroatoms. The number of aliphatic hydroxyl groups is 1. The first-order chi connectivity index (χ1) is 17.9. The van der Waals surface area contributed by atoms with Gasteiger partial charge in [0, 0.05) is 23.9 Å². The van der Waals surface area contributed by atoms with Gasteiger partial charge in [0.1, 0.15) is 5.58 Å². The molecule has 0 atom stereocenters. The number of rotatable bonds is 7. The standard InChI is InChI=1S/C28H29N3O5S/c32-16-17-37(34,35)30-19-8-9-22(24(18-19)31-14-12-28(10-11-28)13-15-31)27(33)29-23-6-3-5-21-20-4-1-2-7-25(20)36-26(21)23/h1-9,18,30,32H,10-17H2,(H,29,33). The van der Waals surface area contributed by atoms with Crippen LogP contribution in [0.1, 0.15) is 36.0 Å². The Bertz CT molecular complexity index is 1600. The molecule has 2 fully saturated rings. The van der Waals surface area contributed by atoms with Crippen LogP contribution in [0.15, 0.2) is 65.1 Å². The molecule has 8 nitrogen and oxygen atoms in total. The van der Waals surface area contributed by atoms with Crippen molar-refractivity contribution in [3.8, 4) is 0 Å². The first kappa shape index (κ1) is 23.8. The largest absolute Gasteiger partial charge is 0.454 e. The summed E-state index contributed by atoms with van der Waals surface area (Å²) in [5, 5.41) is 14.0. The fraction of sp³-hybridized carbons (Fsp3) is 0.321. The maximum atomic E-state index is 13.6. The molecule has 1 saturated carbocycles. The molecule has 1 aromatic heterocycles. The van der Waals surface area contributed by atoms with Crippen molar-refractivity contribution >= 4 is 54.9 Å². The number of benzene rings is 3. The second kappa shape index (κ2) is 9.08. The third-order valence-electron chi connectivity index (χ3n) is 7.65. The molecule has 1 aliphatic carbocycles. The second-order valence-corrected chi connectivity index (χ2v) is 11.9. The van der Waals surface area contributed by atoms with Crippen LogP contribution in [-0.2, 0) is 10.0 Å². The smallest absolute Gasteiger partial charge is 0.257 e. The zero-order chi connectivity index (χ0) is 25.6. The molecule has 6 rings (SSSR count). The number of nitrogens with one attached hydrogen (secondary N) is 2. The fourth-order valence-electron chi connectivity index (χ4n) is 5.33. The number of hydrogen-bond donors (Lipinski definition) is 3. The lowest BCUT2D eigenvalue weighted by Crippen LogP contribution is -2.35. The molecular formula is C28H29N3O5S. The van der Waals surface area contributed by atoms with E-state index in [4.69, 9.17) is 9.52 Å². The number of nitrogens with zero attached hydrogens (tertiary/aromatic N) is 1. The predicted octanol–water partition coefficient (Wildman–Crippen LogP) is 4.95. The summed E-state index contributed by atoms with van der Waals surface area (Å²) in [5.41, 5.74) is 3.91. The van der Waals surface area contributed by atoms with Crippen LogP contribution in [0.2, 0.25) is 0 Å². The van der Waals surface area contributed by atoms with Crippen molar-refractivity contribution in [3.05, 3.63) is 66.2 Å². The van der Waals surface area contributed by atoms with Crippen molar-refractivity contribution in [2.45, 2.75) is 25.7 Å². The van der Waals surface area contributed by atoms with E-state index in [1.165, 1.54) is 12.8 Å². The second-order valence-electron chi connectivity index (χ2n) is 10.1. The average Bonchev–Trinajstić information content (AvgIpc) is 3.52.